The number of thiophene rings is 1. The zero-order valence-electron chi connectivity index (χ0n) is 9.61. The smallest absolute Gasteiger partial charge is 0.161 e. The van der Waals surface area contributed by atoms with E-state index in [1.54, 1.807) is 13.1 Å². The molecule has 0 bridgehead atoms. The molecule has 1 heterocycles. The molecule has 1 aromatic carbocycles. The minimum Gasteiger partial charge on any atom is -0.309 e. The second-order valence-corrected chi connectivity index (χ2v) is 6.07. The highest BCUT2D eigenvalue weighted by Gasteiger charge is 2.22. The van der Waals surface area contributed by atoms with Crippen LogP contribution >= 0.6 is 34.5 Å². The van der Waals surface area contributed by atoms with Gasteiger partial charge in [0.05, 0.1) is 14.7 Å². The maximum absolute atomic E-state index is 13.8. The highest BCUT2D eigenvalue weighted by molar-refractivity contribution is 7.20. The average Bonchev–Trinajstić information content (AvgIpc) is 2.66. The lowest BCUT2D eigenvalue weighted by Crippen LogP contribution is -2.19. The van der Waals surface area contributed by atoms with Crippen molar-refractivity contribution in [2.45, 2.75) is 6.04 Å². The first-order chi connectivity index (χ1) is 8.93. The Hall–Kier alpha value is -0.750. The van der Waals surface area contributed by atoms with Gasteiger partial charge in [-0.25, -0.2) is 13.2 Å². The summed E-state index contributed by atoms with van der Waals surface area (Å²) in [5, 5.41) is 2.81. The topological polar surface area (TPSA) is 12.0 Å². The van der Waals surface area contributed by atoms with Crippen LogP contribution in [0.15, 0.2) is 18.2 Å². The lowest BCUT2D eigenvalue weighted by Gasteiger charge is -2.17. The van der Waals surface area contributed by atoms with Gasteiger partial charge in [0, 0.05) is 17.2 Å². The van der Waals surface area contributed by atoms with Gasteiger partial charge in [-0.2, -0.15) is 0 Å². The number of rotatable bonds is 3. The number of hydrogen-bond acceptors (Lipinski definition) is 2. The summed E-state index contributed by atoms with van der Waals surface area (Å²) in [6, 6.07) is 2.19. The molecule has 1 unspecified atom stereocenters. The van der Waals surface area contributed by atoms with Crippen LogP contribution in [-0.4, -0.2) is 7.05 Å². The molecule has 0 aliphatic heterocycles. The largest absolute Gasteiger partial charge is 0.309 e. The highest BCUT2D eigenvalue weighted by Crippen LogP contribution is 2.38. The Morgan fingerprint density at radius 1 is 1.00 bits per heavy atom. The summed E-state index contributed by atoms with van der Waals surface area (Å²) in [6.45, 7) is 0. The zero-order valence-corrected chi connectivity index (χ0v) is 11.9. The van der Waals surface area contributed by atoms with Gasteiger partial charge in [0.15, 0.2) is 11.6 Å². The fourth-order valence-corrected chi connectivity index (χ4v) is 3.32. The lowest BCUT2D eigenvalue weighted by atomic mass is 10.0. The first-order valence-electron chi connectivity index (χ1n) is 5.20. The molecule has 0 aliphatic carbocycles. The van der Waals surface area contributed by atoms with Gasteiger partial charge >= 0.3 is 0 Å². The monoisotopic (exact) mass is 325 g/mol. The van der Waals surface area contributed by atoms with E-state index >= 15 is 0 Å². The van der Waals surface area contributed by atoms with E-state index in [1.807, 2.05) is 0 Å². The molecular formula is C12H8Cl2F3NS. The standard InChI is InChI=1S/C12H8Cl2F3NS/c1-18-11(6-3-10(13)19-12(6)14)5-2-8(16)9(17)4-7(5)15/h2-4,11,18H,1H3. The van der Waals surface area contributed by atoms with Crippen LogP contribution in [0.1, 0.15) is 17.2 Å². The molecule has 0 saturated carbocycles. The van der Waals surface area contributed by atoms with Gasteiger partial charge in [-0.15, -0.1) is 11.3 Å². The molecule has 1 aromatic heterocycles. The molecule has 7 heteroatoms. The summed E-state index contributed by atoms with van der Waals surface area (Å²) in [4.78, 5) is 0. The maximum atomic E-state index is 13.8. The Morgan fingerprint density at radius 2 is 1.63 bits per heavy atom. The van der Waals surface area contributed by atoms with Crippen molar-refractivity contribution in [1.82, 2.24) is 5.32 Å². The molecule has 0 saturated heterocycles. The molecule has 0 amide bonds. The minimum atomic E-state index is -1.23. The fourth-order valence-electron chi connectivity index (χ4n) is 1.79. The molecule has 19 heavy (non-hydrogen) atoms. The van der Waals surface area contributed by atoms with Crippen LogP contribution in [0.2, 0.25) is 8.67 Å². The van der Waals surface area contributed by atoms with Gasteiger partial charge in [-0.1, -0.05) is 23.2 Å². The van der Waals surface area contributed by atoms with Gasteiger partial charge < -0.3 is 5.32 Å². The van der Waals surface area contributed by atoms with E-state index in [4.69, 9.17) is 23.2 Å². The number of hydrogen-bond donors (Lipinski definition) is 1. The Morgan fingerprint density at radius 3 is 2.16 bits per heavy atom. The minimum absolute atomic E-state index is 0.0298. The molecule has 0 radical (unpaired) electrons. The molecule has 0 spiro atoms. The van der Waals surface area contributed by atoms with Gasteiger partial charge in [0.25, 0.3) is 0 Å². The Balaban J connectivity index is 2.54. The summed E-state index contributed by atoms with van der Waals surface area (Å²) in [7, 11) is 1.56. The van der Waals surface area contributed by atoms with Crippen molar-refractivity contribution in [3.05, 3.63) is 55.5 Å². The van der Waals surface area contributed by atoms with Crippen molar-refractivity contribution in [2.75, 3.05) is 7.05 Å². The van der Waals surface area contributed by atoms with Crippen LogP contribution in [0.5, 0.6) is 0 Å². The van der Waals surface area contributed by atoms with Gasteiger partial charge in [-0.3, -0.25) is 0 Å². The summed E-state index contributed by atoms with van der Waals surface area (Å²) < 4.78 is 40.8. The maximum Gasteiger partial charge on any atom is 0.161 e. The predicted molar refractivity (Wildman–Crippen MR) is 71.6 cm³/mol. The van der Waals surface area contributed by atoms with Crippen LogP contribution in [0.3, 0.4) is 0 Å². The average molecular weight is 326 g/mol. The van der Waals surface area contributed by atoms with Crippen molar-refractivity contribution in [3.8, 4) is 0 Å². The van der Waals surface area contributed by atoms with E-state index in [2.05, 4.69) is 5.32 Å². The van der Waals surface area contributed by atoms with Crippen LogP contribution < -0.4 is 5.32 Å². The highest BCUT2D eigenvalue weighted by atomic mass is 35.5. The Labute approximate surface area is 122 Å². The first kappa shape index (κ1) is 14.7. The molecular weight excluding hydrogens is 318 g/mol. The molecule has 0 fully saturated rings. The van der Waals surface area contributed by atoms with Crippen molar-refractivity contribution in [2.24, 2.45) is 0 Å². The zero-order chi connectivity index (χ0) is 14.2. The first-order valence-corrected chi connectivity index (χ1v) is 6.77. The Bertz CT molecular complexity index is 615. The summed E-state index contributed by atoms with van der Waals surface area (Å²) >= 11 is 12.9. The molecule has 1 N–H and O–H groups in total. The van der Waals surface area contributed by atoms with Crippen molar-refractivity contribution < 1.29 is 13.2 Å². The summed E-state index contributed by atoms with van der Waals surface area (Å²) in [6.07, 6.45) is 0. The van der Waals surface area contributed by atoms with E-state index < -0.39 is 23.5 Å². The fraction of sp³-hybridized carbons (Fsp3) is 0.167. The van der Waals surface area contributed by atoms with Crippen LogP contribution in [0.4, 0.5) is 13.2 Å². The second-order valence-electron chi connectivity index (χ2n) is 3.79. The van der Waals surface area contributed by atoms with Gasteiger partial charge in [0.2, 0.25) is 0 Å². The van der Waals surface area contributed by atoms with E-state index in [1.165, 1.54) is 0 Å². The normalized spacial score (nSPS) is 12.7. The molecule has 2 aromatic rings. The lowest BCUT2D eigenvalue weighted by molar-refractivity contribution is 0.483. The van der Waals surface area contributed by atoms with Crippen LogP contribution in [0, 0.1) is 17.5 Å². The quantitative estimate of drug-likeness (QED) is 0.801. The molecule has 1 atom stereocenters. The third-order valence-electron chi connectivity index (χ3n) is 2.63. The third kappa shape index (κ3) is 2.89. The third-order valence-corrected chi connectivity index (χ3v) is 4.15. The van der Waals surface area contributed by atoms with Crippen molar-refractivity contribution in [3.63, 3.8) is 0 Å². The Kier molecular flexibility index (Phi) is 4.40. The van der Waals surface area contributed by atoms with Gasteiger partial charge in [0.1, 0.15) is 5.82 Å². The number of benzene rings is 1. The SMILES string of the molecule is CNC(c1cc(F)c(F)cc1F)c1cc(Cl)sc1Cl. The molecule has 0 aliphatic rings. The van der Waals surface area contributed by atoms with E-state index in [0.717, 1.165) is 17.4 Å². The van der Waals surface area contributed by atoms with E-state index in [0.29, 0.717) is 20.3 Å². The second kappa shape index (κ2) is 5.71. The predicted octanol–water partition coefficient (Wildman–Crippen LogP) is 4.78. The summed E-state index contributed by atoms with van der Waals surface area (Å²) in [5.41, 5.74) is 0.488. The molecule has 102 valence electrons. The van der Waals surface area contributed by atoms with Crippen LogP contribution in [-0.2, 0) is 0 Å². The van der Waals surface area contributed by atoms with E-state index in [-0.39, 0.29) is 5.56 Å². The number of halogens is 5. The molecule has 1 nitrogen and oxygen atoms in total. The van der Waals surface area contributed by atoms with Crippen molar-refractivity contribution >= 4 is 34.5 Å². The van der Waals surface area contributed by atoms with E-state index in [9.17, 15) is 13.2 Å². The molecule has 2 rings (SSSR count). The number of nitrogens with one attached hydrogen (secondary N) is 1. The summed E-state index contributed by atoms with van der Waals surface area (Å²) in [5.74, 6) is -3.20. The van der Waals surface area contributed by atoms with Crippen molar-refractivity contribution in [1.29, 1.82) is 0 Å². The van der Waals surface area contributed by atoms with Gasteiger partial charge in [-0.05, 0) is 19.2 Å². The van der Waals surface area contributed by atoms with Crippen LogP contribution in [0.25, 0.3) is 0 Å².